The van der Waals surface area contributed by atoms with Crippen LogP contribution in [0.15, 0.2) is 44.9 Å². The van der Waals surface area contributed by atoms with E-state index in [-0.39, 0.29) is 15.5 Å². The minimum absolute atomic E-state index is 0.0527. The third-order valence-corrected chi connectivity index (χ3v) is 3.65. The molecule has 0 amide bonds. The van der Waals surface area contributed by atoms with E-state index in [1.165, 1.54) is 18.3 Å². The fraction of sp³-hybridized carbons (Fsp3) is 0. The number of nitrogens with zero attached hydrogens (tertiary/aromatic N) is 1. The minimum atomic E-state index is -1.17. The van der Waals surface area contributed by atoms with Crippen molar-refractivity contribution >= 4 is 33.7 Å². The normalized spacial score (nSPS) is 10.5. The Labute approximate surface area is 119 Å². The van der Waals surface area contributed by atoms with E-state index in [1.807, 2.05) is 0 Å². The van der Waals surface area contributed by atoms with Crippen LogP contribution >= 0.6 is 27.7 Å². The smallest absolute Gasteiger partial charge is 0.338 e. The van der Waals surface area contributed by atoms with E-state index in [9.17, 15) is 13.6 Å². The minimum Gasteiger partial charge on any atom is -0.478 e. The third-order valence-electron chi connectivity index (χ3n) is 2.15. The lowest BCUT2D eigenvalue weighted by atomic mass is 10.3. The zero-order chi connectivity index (χ0) is 14.0. The summed E-state index contributed by atoms with van der Waals surface area (Å²) < 4.78 is 26.8. The Morgan fingerprint density at radius 3 is 2.68 bits per heavy atom. The van der Waals surface area contributed by atoms with Crippen LogP contribution in [0.4, 0.5) is 8.78 Å². The lowest BCUT2D eigenvalue weighted by Gasteiger charge is -2.06. The van der Waals surface area contributed by atoms with Crippen LogP contribution in [0, 0.1) is 11.6 Å². The van der Waals surface area contributed by atoms with Crippen LogP contribution < -0.4 is 0 Å². The Morgan fingerprint density at radius 2 is 2.05 bits per heavy atom. The lowest BCUT2D eigenvalue weighted by molar-refractivity contribution is 0.0692. The summed E-state index contributed by atoms with van der Waals surface area (Å²) in [5.74, 6) is -2.62. The molecule has 98 valence electrons. The van der Waals surface area contributed by atoms with Gasteiger partial charge in [-0.15, -0.1) is 0 Å². The molecule has 2 aromatic rings. The summed E-state index contributed by atoms with van der Waals surface area (Å²) in [5.41, 5.74) is -0.0527. The molecule has 0 unspecified atom stereocenters. The quantitative estimate of drug-likeness (QED) is 0.914. The summed E-state index contributed by atoms with van der Waals surface area (Å²) in [5, 5.41) is 9.19. The van der Waals surface area contributed by atoms with E-state index >= 15 is 0 Å². The number of hydrogen-bond acceptors (Lipinski definition) is 3. The number of benzene rings is 1. The second-order valence-corrected chi connectivity index (χ2v) is 5.43. The number of aromatic carboxylic acids is 1. The average Bonchev–Trinajstić information content (AvgIpc) is 2.34. The molecule has 1 aromatic carbocycles. The van der Waals surface area contributed by atoms with Gasteiger partial charge in [0.1, 0.15) is 16.7 Å². The van der Waals surface area contributed by atoms with Crippen LogP contribution in [0.2, 0.25) is 0 Å². The fourth-order valence-corrected chi connectivity index (χ4v) is 2.52. The molecule has 0 aliphatic carbocycles. The molecule has 1 N–H and O–H groups in total. The molecule has 0 saturated carbocycles. The van der Waals surface area contributed by atoms with E-state index in [4.69, 9.17) is 5.11 Å². The van der Waals surface area contributed by atoms with Gasteiger partial charge in [0.25, 0.3) is 0 Å². The Bertz CT molecular complexity index is 652. The highest BCUT2D eigenvalue weighted by Crippen LogP contribution is 2.32. The van der Waals surface area contributed by atoms with Crippen molar-refractivity contribution in [1.82, 2.24) is 4.98 Å². The van der Waals surface area contributed by atoms with Crippen LogP contribution in [0.3, 0.4) is 0 Å². The summed E-state index contributed by atoms with van der Waals surface area (Å²) in [6, 6.07) is 4.45. The van der Waals surface area contributed by atoms with Gasteiger partial charge in [-0.25, -0.2) is 18.6 Å². The number of pyridine rings is 1. The predicted octanol–water partition coefficient (Wildman–Crippen LogP) is 3.97. The maximum absolute atomic E-state index is 13.5. The average molecular weight is 346 g/mol. The van der Waals surface area contributed by atoms with Crippen molar-refractivity contribution in [2.45, 2.75) is 9.92 Å². The van der Waals surface area contributed by atoms with E-state index in [0.717, 1.165) is 23.9 Å². The predicted molar refractivity (Wildman–Crippen MR) is 69.4 cm³/mol. The van der Waals surface area contributed by atoms with Crippen molar-refractivity contribution < 1.29 is 18.7 Å². The molecule has 1 heterocycles. The van der Waals surface area contributed by atoms with Crippen molar-refractivity contribution in [2.75, 3.05) is 0 Å². The number of rotatable bonds is 3. The molecule has 7 heteroatoms. The maximum atomic E-state index is 13.5. The first kappa shape index (κ1) is 14.0. The van der Waals surface area contributed by atoms with Crippen LogP contribution in [-0.4, -0.2) is 16.1 Å². The SMILES string of the molecule is O=C(O)c1cc(Br)cnc1Sc1ccc(F)cc1F. The van der Waals surface area contributed by atoms with Gasteiger partial charge < -0.3 is 5.11 Å². The molecule has 3 nitrogen and oxygen atoms in total. The van der Waals surface area contributed by atoms with Gasteiger partial charge in [0.15, 0.2) is 0 Å². The molecule has 0 aliphatic rings. The molecule has 2 rings (SSSR count). The number of hydrogen-bond donors (Lipinski definition) is 1. The molecular formula is C12H6BrF2NO2S. The van der Waals surface area contributed by atoms with Gasteiger partial charge in [0.05, 0.1) is 5.56 Å². The molecule has 0 radical (unpaired) electrons. The van der Waals surface area contributed by atoms with Crippen molar-refractivity contribution in [2.24, 2.45) is 0 Å². The van der Waals surface area contributed by atoms with Crippen molar-refractivity contribution in [3.8, 4) is 0 Å². The first-order valence-electron chi connectivity index (χ1n) is 4.99. The Morgan fingerprint density at radius 1 is 1.32 bits per heavy atom. The second-order valence-electron chi connectivity index (χ2n) is 3.49. The molecule has 0 bridgehead atoms. The number of aromatic nitrogens is 1. The van der Waals surface area contributed by atoms with E-state index in [0.29, 0.717) is 4.47 Å². The molecule has 19 heavy (non-hydrogen) atoms. The molecular weight excluding hydrogens is 340 g/mol. The maximum Gasteiger partial charge on any atom is 0.338 e. The van der Waals surface area contributed by atoms with Crippen molar-refractivity contribution in [3.63, 3.8) is 0 Å². The first-order chi connectivity index (χ1) is 8.97. The number of carboxylic acids is 1. The largest absolute Gasteiger partial charge is 0.478 e. The molecule has 0 spiro atoms. The first-order valence-corrected chi connectivity index (χ1v) is 6.60. The van der Waals surface area contributed by atoms with Gasteiger partial charge in [-0.05, 0) is 34.1 Å². The molecule has 0 aliphatic heterocycles. The van der Waals surface area contributed by atoms with E-state index in [1.54, 1.807) is 0 Å². The highest BCUT2D eigenvalue weighted by atomic mass is 79.9. The number of halogens is 3. The van der Waals surface area contributed by atoms with Gasteiger partial charge in [-0.3, -0.25) is 0 Å². The number of carboxylic acid groups (broad SMARTS) is 1. The highest BCUT2D eigenvalue weighted by molar-refractivity contribution is 9.10. The van der Waals surface area contributed by atoms with Crippen LogP contribution in [-0.2, 0) is 0 Å². The van der Waals surface area contributed by atoms with Gasteiger partial charge in [0, 0.05) is 21.6 Å². The Hall–Kier alpha value is -1.47. The topological polar surface area (TPSA) is 50.2 Å². The van der Waals surface area contributed by atoms with Crippen LogP contribution in [0.1, 0.15) is 10.4 Å². The van der Waals surface area contributed by atoms with Gasteiger partial charge in [0.2, 0.25) is 0 Å². The molecule has 1 aromatic heterocycles. The van der Waals surface area contributed by atoms with Crippen LogP contribution in [0.5, 0.6) is 0 Å². The third kappa shape index (κ3) is 3.30. The standard InChI is InChI=1S/C12H6BrF2NO2S/c13-6-3-8(12(17)18)11(16-5-6)19-10-2-1-7(14)4-9(10)15/h1-5H,(H,17,18). The highest BCUT2D eigenvalue weighted by Gasteiger charge is 2.15. The monoisotopic (exact) mass is 345 g/mol. The van der Waals surface area contributed by atoms with Gasteiger partial charge in [-0.1, -0.05) is 11.8 Å². The molecule has 0 saturated heterocycles. The summed E-state index contributed by atoms with van der Waals surface area (Å²) in [6.45, 7) is 0. The van der Waals surface area contributed by atoms with Crippen molar-refractivity contribution in [1.29, 1.82) is 0 Å². The zero-order valence-corrected chi connectivity index (χ0v) is 11.6. The summed E-state index contributed by atoms with van der Waals surface area (Å²) in [7, 11) is 0. The molecule has 0 atom stereocenters. The fourth-order valence-electron chi connectivity index (χ4n) is 1.32. The van der Waals surface area contributed by atoms with Gasteiger partial charge in [-0.2, -0.15) is 0 Å². The number of carbonyl (C=O) groups is 1. The lowest BCUT2D eigenvalue weighted by Crippen LogP contribution is -2.01. The van der Waals surface area contributed by atoms with Gasteiger partial charge >= 0.3 is 5.97 Å². The summed E-state index contributed by atoms with van der Waals surface area (Å²) >= 11 is 3.95. The Kier molecular flexibility index (Phi) is 4.16. The summed E-state index contributed by atoms with van der Waals surface area (Å²) in [6.07, 6.45) is 1.41. The second kappa shape index (κ2) is 5.66. The van der Waals surface area contributed by atoms with E-state index < -0.39 is 17.6 Å². The summed E-state index contributed by atoms with van der Waals surface area (Å²) in [4.78, 5) is 15.1. The zero-order valence-electron chi connectivity index (χ0n) is 9.23. The van der Waals surface area contributed by atoms with E-state index in [2.05, 4.69) is 20.9 Å². The van der Waals surface area contributed by atoms with Crippen LogP contribution in [0.25, 0.3) is 0 Å². The molecule has 0 fully saturated rings. The van der Waals surface area contributed by atoms with Crippen molar-refractivity contribution in [3.05, 3.63) is 52.1 Å². The Balaban J connectivity index is 2.40.